The molecule has 0 amide bonds. The van der Waals surface area contributed by atoms with Gasteiger partial charge < -0.3 is 14.6 Å². The number of carbonyl (C=O) groups is 2. The lowest BCUT2D eigenvalue weighted by molar-refractivity contribution is -0.161. The van der Waals surface area contributed by atoms with E-state index in [2.05, 4.69) is 111 Å². The molecular formula is C65H112O5. The van der Waals surface area contributed by atoms with E-state index in [1.807, 2.05) is 0 Å². The molecule has 0 rings (SSSR count). The lowest BCUT2D eigenvalue weighted by atomic mass is 10.0. The summed E-state index contributed by atoms with van der Waals surface area (Å²) in [7, 11) is 0. The van der Waals surface area contributed by atoms with Crippen molar-refractivity contribution >= 4 is 11.9 Å². The van der Waals surface area contributed by atoms with Gasteiger partial charge in [0.2, 0.25) is 0 Å². The summed E-state index contributed by atoms with van der Waals surface area (Å²) in [6, 6.07) is 0. The topological polar surface area (TPSA) is 72.8 Å². The summed E-state index contributed by atoms with van der Waals surface area (Å²) in [5.41, 5.74) is 0. The minimum Gasteiger partial charge on any atom is -0.462 e. The van der Waals surface area contributed by atoms with Gasteiger partial charge in [0, 0.05) is 12.8 Å². The number of aliphatic hydroxyl groups is 1. The van der Waals surface area contributed by atoms with Gasteiger partial charge in [0.15, 0.2) is 6.10 Å². The van der Waals surface area contributed by atoms with Crippen LogP contribution in [0.4, 0.5) is 0 Å². The number of rotatable bonds is 54. The van der Waals surface area contributed by atoms with Gasteiger partial charge >= 0.3 is 11.9 Å². The number of aliphatic hydroxyl groups excluding tert-OH is 1. The van der Waals surface area contributed by atoms with E-state index in [9.17, 15) is 14.7 Å². The van der Waals surface area contributed by atoms with Crippen molar-refractivity contribution in [3.05, 3.63) is 97.2 Å². The third kappa shape index (κ3) is 57.4. The summed E-state index contributed by atoms with van der Waals surface area (Å²) >= 11 is 0. The first-order valence-electron chi connectivity index (χ1n) is 29.8. The highest BCUT2D eigenvalue weighted by molar-refractivity contribution is 5.70. The Balaban J connectivity index is 3.50. The average molecular weight is 974 g/mol. The molecule has 1 N–H and O–H groups in total. The number of esters is 2. The van der Waals surface area contributed by atoms with Crippen molar-refractivity contribution in [3.8, 4) is 0 Å². The van der Waals surface area contributed by atoms with Crippen LogP contribution >= 0.6 is 0 Å². The Labute approximate surface area is 434 Å². The second kappa shape index (κ2) is 60.1. The maximum absolute atomic E-state index is 12.3. The highest BCUT2D eigenvalue weighted by Gasteiger charge is 2.16. The molecule has 0 aromatic rings. The molecule has 5 nitrogen and oxygen atoms in total. The molecule has 70 heavy (non-hydrogen) atoms. The van der Waals surface area contributed by atoms with E-state index in [-0.39, 0.29) is 25.2 Å². The van der Waals surface area contributed by atoms with Crippen molar-refractivity contribution in [1.29, 1.82) is 0 Å². The molecule has 0 saturated carbocycles. The normalized spacial score (nSPS) is 12.9. The maximum Gasteiger partial charge on any atom is 0.306 e. The quantitative estimate of drug-likeness (QED) is 0.0373. The minimum atomic E-state index is -0.774. The molecule has 0 aromatic heterocycles. The van der Waals surface area contributed by atoms with E-state index in [0.29, 0.717) is 12.8 Å². The van der Waals surface area contributed by atoms with E-state index >= 15 is 0 Å². The molecule has 1 atom stereocenters. The van der Waals surface area contributed by atoms with Crippen LogP contribution in [0.3, 0.4) is 0 Å². The lowest BCUT2D eigenvalue weighted by Gasteiger charge is -2.15. The summed E-state index contributed by atoms with van der Waals surface area (Å²) in [5, 5.41) is 9.65. The van der Waals surface area contributed by atoms with Crippen molar-refractivity contribution in [2.24, 2.45) is 0 Å². The van der Waals surface area contributed by atoms with Crippen LogP contribution in [0.15, 0.2) is 97.2 Å². The highest BCUT2D eigenvalue weighted by atomic mass is 16.6. The largest absolute Gasteiger partial charge is 0.462 e. The molecular weight excluding hydrogens is 861 g/mol. The van der Waals surface area contributed by atoms with E-state index < -0.39 is 6.10 Å². The Hall–Kier alpha value is -3.18. The van der Waals surface area contributed by atoms with Gasteiger partial charge in [0.25, 0.3) is 0 Å². The van der Waals surface area contributed by atoms with Gasteiger partial charge in [-0.25, -0.2) is 0 Å². The number of allylic oxidation sites excluding steroid dienone is 16. The second-order valence-electron chi connectivity index (χ2n) is 19.7. The van der Waals surface area contributed by atoms with Gasteiger partial charge in [-0.2, -0.15) is 0 Å². The van der Waals surface area contributed by atoms with Crippen LogP contribution < -0.4 is 0 Å². The number of carbonyl (C=O) groups excluding carboxylic acids is 2. The van der Waals surface area contributed by atoms with E-state index in [4.69, 9.17) is 9.47 Å². The SMILES string of the molecule is CC/C=C\C/C=C\C/C=C\C/C=C\C/C=C\C/C=C\C/C=C\C/C=C\CCCCCCCCCCCCCCCCC(=O)OC(CO)COC(=O)CCCCCCCCCCCCCCCCCCC. The fourth-order valence-electron chi connectivity index (χ4n) is 8.46. The van der Waals surface area contributed by atoms with Gasteiger partial charge in [0.1, 0.15) is 6.61 Å². The summed E-state index contributed by atoms with van der Waals surface area (Å²) < 4.78 is 10.7. The fourth-order valence-corrected chi connectivity index (χ4v) is 8.46. The van der Waals surface area contributed by atoms with Crippen LogP contribution in [0.2, 0.25) is 0 Å². The minimum absolute atomic E-state index is 0.0648. The first kappa shape index (κ1) is 66.8. The van der Waals surface area contributed by atoms with Crippen LogP contribution in [0, 0.1) is 0 Å². The third-order valence-corrected chi connectivity index (χ3v) is 12.9. The van der Waals surface area contributed by atoms with Gasteiger partial charge in [-0.05, 0) is 77.0 Å². The number of unbranched alkanes of at least 4 members (excludes halogenated alkanes) is 30. The molecule has 0 aliphatic rings. The standard InChI is InChI=1S/C65H112O5/c1-3-5-7-9-11-13-15-17-19-21-22-23-24-25-26-27-28-29-30-31-32-33-34-35-36-37-38-39-40-41-42-44-46-48-50-52-54-56-58-60-65(68)70-63(61-66)62-69-64(67)59-57-55-53-51-49-47-45-43-20-18-16-14-12-10-8-6-4-2/h5,7,11,13,17,19,22-23,25-26,28-29,31-32,34-35,63,66H,3-4,6,8-10,12,14-16,18,20-21,24,27,30,33,36-62H2,1-2H3/b7-5-,13-11-,19-17-,23-22-,26-25-,29-28-,32-31-,35-34-. The van der Waals surface area contributed by atoms with E-state index in [0.717, 1.165) is 89.9 Å². The summed E-state index contributed by atoms with van der Waals surface area (Å²) in [6.07, 6.45) is 85.3. The van der Waals surface area contributed by atoms with Gasteiger partial charge in [-0.15, -0.1) is 0 Å². The van der Waals surface area contributed by atoms with Crippen molar-refractivity contribution < 1.29 is 24.2 Å². The Morgan fingerprint density at radius 2 is 0.614 bits per heavy atom. The fraction of sp³-hybridized carbons (Fsp3) is 0.723. The predicted molar refractivity (Wildman–Crippen MR) is 306 cm³/mol. The molecule has 1 unspecified atom stereocenters. The van der Waals surface area contributed by atoms with Crippen molar-refractivity contribution in [3.63, 3.8) is 0 Å². The van der Waals surface area contributed by atoms with Crippen LogP contribution in [0.25, 0.3) is 0 Å². The van der Waals surface area contributed by atoms with Crippen LogP contribution in [0.1, 0.15) is 284 Å². The third-order valence-electron chi connectivity index (χ3n) is 12.9. The molecule has 0 spiro atoms. The van der Waals surface area contributed by atoms with Crippen LogP contribution in [0.5, 0.6) is 0 Å². The zero-order valence-electron chi connectivity index (χ0n) is 46.0. The predicted octanol–water partition coefficient (Wildman–Crippen LogP) is 20.3. The summed E-state index contributed by atoms with van der Waals surface area (Å²) in [5.74, 6) is -0.582. The van der Waals surface area contributed by atoms with Crippen LogP contribution in [-0.2, 0) is 19.1 Å². The zero-order chi connectivity index (χ0) is 50.6. The van der Waals surface area contributed by atoms with Gasteiger partial charge in [-0.1, -0.05) is 291 Å². The average Bonchev–Trinajstić information content (AvgIpc) is 3.36. The van der Waals surface area contributed by atoms with Crippen molar-refractivity contribution in [2.45, 2.75) is 290 Å². The van der Waals surface area contributed by atoms with E-state index in [1.165, 1.54) is 167 Å². The molecule has 0 bridgehead atoms. The molecule has 402 valence electrons. The molecule has 0 aliphatic carbocycles. The molecule has 0 radical (unpaired) electrons. The Bertz CT molecular complexity index is 1330. The Kier molecular flexibility index (Phi) is 57.4. The Morgan fingerprint density at radius 3 is 0.929 bits per heavy atom. The lowest BCUT2D eigenvalue weighted by Crippen LogP contribution is -2.28. The Morgan fingerprint density at radius 1 is 0.343 bits per heavy atom. The molecule has 0 aromatic carbocycles. The second-order valence-corrected chi connectivity index (χ2v) is 19.7. The molecule has 0 heterocycles. The number of hydrogen-bond donors (Lipinski definition) is 1. The number of ether oxygens (including phenoxy) is 2. The monoisotopic (exact) mass is 973 g/mol. The van der Waals surface area contributed by atoms with Crippen LogP contribution in [-0.4, -0.2) is 36.4 Å². The summed E-state index contributed by atoms with van der Waals surface area (Å²) in [6.45, 7) is 4.05. The van der Waals surface area contributed by atoms with Gasteiger partial charge in [-0.3, -0.25) is 9.59 Å². The molecule has 0 aliphatic heterocycles. The molecule has 0 fully saturated rings. The molecule has 0 saturated heterocycles. The number of hydrogen-bond acceptors (Lipinski definition) is 5. The maximum atomic E-state index is 12.3. The van der Waals surface area contributed by atoms with Crippen molar-refractivity contribution in [1.82, 2.24) is 0 Å². The smallest absolute Gasteiger partial charge is 0.306 e. The first-order valence-corrected chi connectivity index (χ1v) is 29.8. The molecule has 5 heteroatoms. The zero-order valence-corrected chi connectivity index (χ0v) is 46.0. The van der Waals surface area contributed by atoms with E-state index in [1.54, 1.807) is 0 Å². The first-order chi connectivity index (χ1) is 34.6. The van der Waals surface area contributed by atoms with Crippen molar-refractivity contribution in [2.75, 3.05) is 13.2 Å². The summed E-state index contributed by atoms with van der Waals surface area (Å²) in [4.78, 5) is 24.5. The van der Waals surface area contributed by atoms with Gasteiger partial charge in [0.05, 0.1) is 6.61 Å². The highest BCUT2D eigenvalue weighted by Crippen LogP contribution is 2.17.